The van der Waals surface area contributed by atoms with Crippen LogP contribution in [0.4, 0.5) is 0 Å². The van der Waals surface area contributed by atoms with Gasteiger partial charge in [0.05, 0.1) is 12.2 Å². The zero-order valence-electron chi connectivity index (χ0n) is 12.4. The summed E-state index contributed by atoms with van der Waals surface area (Å²) in [5.41, 5.74) is 2.97. The maximum Gasteiger partial charge on any atom is 0.140 e. The fraction of sp³-hybridized carbons (Fsp3) is 0.250. The number of phenols is 1. The first kappa shape index (κ1) is 13.4. The van der Waals surface area contributed by atoms with Gasteiger partial charge in [-0.25, -0.2) is 4.98 Å². The lowest BCUT2D eigenvalue weighted by molar-refractivity contribution is 0.471. The second-order valence-corrected chi connectivity index (χ2v) is 5.28. The van der Waals surface area contributed by atoms with Gasteiger partial charge in [0, 0.05) is 36.8 Å². The van der Waals surface area contributed by atoms with E-state index in [-0.39, 0.29) is 6.04 Å². The van der Waals surface area contributed by atoms with E-state index in [2.05, 4.69) is 21.6 Å². The molecule has 0 saturated heterocycles. The third-order valence-electron chi connectivity index (χ3n) is 3.75. The minimum absolute atomic E-state index is 0.144. The molecule has 0 saturated carbocycles. The Morgan fingerprint density at radius 3 is 2.76 bits per heavy atom. The number of aromatic hydroxyl groups is 1. The summed E-state index contributed by atoms with van der Waals surface area (Å²) in [6, 6.07) is 5.69. The van der Waals surface area contributed by atoms with Gasteiger partial charge < -0.3 is 9.67 Å². The number of hydrogen-bond donors (Lipinski definition) is 1. The van der Waals surface area contributed by atoms with Crippen LogP contribution in [0.2, 0.25) is 0 Å². The van der Waals surface area contributed by atoms with Crippen LogP contribution < -0.4 is 0 Å². The molecule has 5 nitrogen and oxygen atoms in total. The van der Waals surface area contributed by atoms with Gasteiger partial charge in [0.25, 0.3) is 0 Å². The Hall–Kier alpha value is -2.56. The molecular weight excluding hydrogens is 264 g/mol. The van der Waals surface area contributed by atoms with Gasteiger partial charge in [-0.2, -0.15) is 5.10 Å². The van der Waals surface area contributed by atoms with Crippen LogP contribution in [0.15, 0.2) is 43.0 Å². The normalized spacial score (nSPS) is 12.5. The van der Waals surface area contributed by atoms with Gasteiger partial charge in [0.15, 0.2) is 0 Å². The molecule has 2 heterocycles. The summed E-state index contributed by atoms with van der Waals surface area (Å²) in [5, 5.41) is 13.9. The lowest BCUT2D eigenvalue weighted by Gasteiger charge is -2.15. The highest BCUT2D eigenvalue weighted by Gasteiger charge is 2.15. The highest BCUT2D eigenvalue weighted by molar-refractivity contribution is 5.59. The smallest absolute Gasteiger partial charge is 0.140 e. The van der Waals surface area contributed by atoms with Crippen molar-refractivity contribution in [3.05, 3.63) is 54.1 Å². The van der Waals surface area contributed by atoms with Crippen molar-refractivity contribution in [2.75, 3.05) is 0 Å². The van der Waals surface area contributed by atoms with E-state index < -0.39 is 0 Å². The molecule has 21 heavy (non-hydrogen) atoms. The summed E-state index contributed by atoms with van der Waals surface area (Å²) in [6.45, 7) is 4.01. The van der Waals surface area contributed by atoms with Gasteiger partial charge in [0.1, 0.15) is 11.6 Å². The van der Waals surface area contributed by atoms with E-state index in [4.69, 9.17) is 0 Å². The molecule has 1 aromatic carbocycles. The van der Waals surface area contributed by atoms with E-state index in [9.17, 15) is 5.11 Å². The van der Waals surface area contributed by atoms with Crippen molar-refractivity contribution < 1.29 is 5.11 Å². The van der Waals surface area contributed by atoms with Crippen LogP contribution in [0.25, 0.3) is 11.4 Å². The predicted octanol–water partition coefficient (Wildman–Crippen LogP) is 2.91. The molecule has 5 heteroatoms. The highest BCUT2D eigenvalue weighted by Crippen LogP contribution is 2.28. The Balaban J connectivity index is 2.02. The number of phenolic OH excluding ortho intramolecular Hbond substituents is 1. The van der Waals surface area contributed by atoms with Crippen molar-refractivity contribution in [1.82, 2.24) is 19.3 Å². The SMILES string of the molecule is Cc1cc(-c2nccn2C(C)c2cnn(C)c2)ccc1O. The molecule has 0 aliphatic rings. The Bertz CT molecular complexity index is 772. The molecule has 3 aromatic rings. The highest BCUT2D eigenvalue weighted by atomic mass is 16.3. The van der Waals surface area contributed by atoms with E-state index in [0.29, 0.717) is 5.75 Å². The van der Waals surface area contributed by atoms with Crippen LogP contribution in [-0.2, 0) is 7.05 Å². The zero-order valence-corrected chi connectivity index (χ0v) is 12.4. The van der Waals surface area contributed by atoms with Crippen LogP contribution in [-0.4, -0.2) is 24.4 Å². The molecule has 0 amide bonds. The minimum atomic E-state index is 0.144. The molecule has 0 aliphatic carbocycles. The summed E-state index contributed by atoms with van der Waals surface area (Å²) < 4.78 is 3.91. The largest absolute Gasteiger partial charge is 0.508 e. The number of aryl methyl sites for hydroxylation is 2. The van der Waals surface area contributed by atoms with Crippen molar-refractivity contribution in [2.24, 2.45) is 7.05 Å². The number of nitrogens with zero attached hydrogens (tertiary/aromatic N) is 4. The molecule has 2 aromatic heterocycles. The lowest BCUT2D eigenvalue weighted by atomic mass is 10.1. The maximum atomic E-state index is 9.66. The van der Waals surface area contributed by atoms with Crippen LogP contribution in [0.1, 0.15) is 24.1 Å². The average molecular weight is 282 g/mol. The third kappa shape index (κ3) is 2.42. The van der Waals surface area contributed by atoms with Crippen LogP contribution in [0.5, 0.6) is 5.75 Å². The second kappa shape index (κ2) is 5.09. The van der Waals surface area contributed by atoms with Gasteiger partial charge in [-0.3, -0.25) is 4.68 Å². The van der Waals surface area contributed by atoms with Gasteiger partial charge in [-0.15, -0.1) is 0 Å². The molecule has 0 bridgehead atoms. The van der Waals surface area contributed by atoms with E-state index in [0.717, 1.165) is 22.5 Å². The average Bonchev–Trinajstić information content (AvgIpc) is 3.10. The van der Waals surface area contributed by atoms with Crippen LogP contribution in [0, 0.1) is 6.92 Å². The van der Waals surface area contributed by atoms with Crippen molar-refractivity contribution in [3.8, 4) is 17.1 Å². The van der Waals surface area contributed by atoms with Crippen LogP contribution in [0.3, 0.4) is 0 Å². The summed E-state index contributed by atoms with van der Waals surface area (Å²) >= 11 is 0. The second-order valence-electron chi connectivity index (χ2n) is 5.28. The topological polar surface area (TPSA) is 55.9 Å². The quantitative estimate of drug-likeness (QED) is 0.803. The predicted molar refractivity (Wildman–Crippen MR) is 81.1 cm³/mol. The number of aromatic nitrogens is 4. The monoisotopic (exact) mass is 282 g/mol. The first-order valence-electron chi connectivity index (χ1n) is 6.87. The van der Waals surface area contributed by atoms with Gasteiger partial charge in [-0.1, -0.05) is 0 Å². The molecule has 1 atom stereocenters. The minimum Gasteiger partial charge on any atom is -0.508 e. The molecule has 0 aliphatic heterocycles. The Morgan fingerprint density at radius 2 is 2.10 bits per heavy atom. The Kier molecular flexibility index (Phi) is 3.25. The number of benzene rings is 1. The Morgan fingerprint density at radius 1 is 1.29 bits per heavy atom. The van der Waals surface area contributed by atoms with Crippen molar-refractivity contribution in [2.45, 2.75) is 19.9 Å². The van der Waals surface area contributed by atoms with Crippen molar-refractivity contribution >= 4 is 0 Å². The molecule has 1 N–H and O–H groups in total. The lowest BCUT2D eigenvalue weighted by Crippen LogP contribution is -2.07. The summed E-state index contributed by atoms with van der Waals surface area (Å²) in [5.74, 6) is 1.19. The molecular formula is C16H18N4O. The van der Waals surface area contributed by atoms with E-state index in [1.54, 1.807) is 16.9 Å². The molecule has 0 fully saturated rings. The van der Waals surface area contributed by atoms with Gasteiger partial charge >= 0.3 is 0 Å². The number of hydrogen-bond acceptors (Lipinski definition) is 3. The maximum absolute atomic E-state index is 9.66. The summed E-state index contributed by atoms with van der Waals surface area (Å²) in [4.78, 5) is 4.46. The van der Waals surface area contributed by atoms with Crippen LogP contribution >= 0.6 is 0 Å². The zero-order chi connectivity index (χ0) is 15.0. The first-order chi connectivity index (χ1) is 10.1. The van der Waals surface area contributed by atoms with E-state index in [1.807, 2.05) is 44.7 Å². The number of imidazole rings is 1. The summed E-state index contributed by atoms with van der Waals surface area (Å²) in [6.07, 6.45) is 7.65. The van der Waals surface area contributed by atoms with Gasteiger partial charge in [-0.05, 0) is 37.6 Å². The van der Waals surface area contributed by atoms with E-state index in [1.165, 1.54) is 0 Å². The molecule has 3 rings (SSSR count). The fourth-order valence-electron chi connectivity index (χ4n) is 2.46. The number of rotatable bonds is 3. The molecule has 0 spiro atoms. The van der Waals surface area contributed by atoms with Crippen molar-refractivity contribution in [1.29, 1.82) is 0 Å². The third-order valence-corrected chi connectivity index (χ3v) is 3.75. The molecule has 0 radical (unpaired) electrons. The van der Waals surface area contributed by atoms with E-state index >= 15 is 0 Å². The first-order valence-corrected chi connectivity index (χ1v) is 6.87. The standard InChI is InChI=1S/C16H18N4O/c1-11-8-13(4-5-15(11)21)16-17-6-7-20(16)12(2)14-9-18-19(3)10-14/h4-10,12,21H,1-3H3. The van der Waals surface area contributed by atoms with Crippen molar-refractivity contribution in [3.63, 3.8) is 0 Å². The summed E-state index contributed by atoms with van der Waals surface area (Å²) in [7, 11) is 1.91. The fourth-order valence-corrected chi connectivity index (χ4v) is 2.46. The van der Waals surface area contributed by atoms with Gasteiger partial charge in [0.2, 0.25) is 0 Å². The molecule has 1 unspecified atom stereocenters. The Labute approximate surface area is 123 Å². The molecule has 108 valence electrons.